The number of nitrogens with one attached hydrogen (secondary N) is 1. The van der Waals surface area contributed by atoms with Gasteiger partial charge in [0.2, 0.25) is 5.95 Å². The Labute approximate surface area is 193 Å². The first-order valence-corrected chi connectivity index (χ1v) is 11.9. The number of likely N-dealkylation sites (N-methyl/N-ethyl adjacent to an activating group) is 1. The van der Waals surface area contributed by atoms with Gasteiger partial charge in [-0.05, 0) is 64.0 Å². The number of fused-ring (bicyclic) bond motifs is 1. The predicted octanol–water partition coefficient (Wildman–Crippen LogP) is 4.24. The largest absolute Gasteiger partial charge is 0.370 e. The van der Waals surface area contributed by atoms with Crippen molar-refractivity contribution >= 4 is 28.4 Å². The fourth-order valence-corrected chi connectivity index (χ4v) is 5.05. The topological polar surface area (TPSA) is 66.3 Å². The lowest BCUT2D eigenvalue weighted by Crippen LogP contribution is -2.28. The van der Waals surface area contributed by atoms with Crippen LogP contribution in [0.3, 0.4) is 0 Å². The number of aromatic nitrogens is 3. The van der Waals surface area contributed by atoms with Crippen LogP contribution in [0.25, 0.3) is 11.0 Å². The summed E-state index contributed by atoms with van der Waals surface area (Å²) in [5.74, 6) is -0.294. The Kier molecular flexibility index (Phi) is 6.01. The summed E-state index contributed by atoms with van der Waals surface area (Å²) in [6, 6.07) is 8.27. The van der Waals surface area contributed by atoms with Crippen molar-refractivity contribution in [3.63, 3.8) is 0 Å². The van der Waals surface area contributed by atoms with Crippen LogP contribution in [0.5, 0.6) is 0 Å². The third-order valence-electron chi connectivity index (χ3n) is 7.03. The minimum absolute atomic E-state index is 0.00944. The van der Waals surface area contributed by atoms with Gasteiger partial charge in [0.1, 0.15) is 5.65 Å². The second-order valence-corrected chi connectivity index (χ2v) is 9.30. The maximum absolute atomic E-state index is 14.6. The summed E-state index contributed by atoms with van der Waals surface area (Å²) in [6.45, 7) is 5.89. The number of hydrogen-bond donors (Lipinski definition) is 1. The zero-order valence-corrected chi connectivity index (χ0v) is 19.4. The van der Waals surface area contributed by atoms with Gasteiger partial charge in [-0.1, -0.05) is 12.8 Å². The first-order chi connectivity index (χ1) is 16.0. The Morgan fingerprint density at radius 2 is 1.79 bits per heavy atom. The average Bonchev–Trinajstić information content (AvgIpc) is 3.26. The molecule has 0 spiro atoms. The smallest absolute Gasteiger partial charge is 0.288 e. The fraction of sp³-hybridized carbons (Fsp3) is 0.480. The van der Waals surface area contributed by atoms with Crippen molar-refractivity contribution in [3.8, 4) is 0 Å². The molecule has 0 unspecified atom stereocenters. The molecule has 8 heteroatoms. The molecule has 0 atom stereocenters. The van der Waals surface area contributed by atoms with E-state index in [1.165, 1.54) is 5.69 Å². The average molecular weight is 451 g/mol. The summed E-state index contributed by atoms with van der Waals surface area (Å²) in [6.07, 6.45) is 6.62. The highest BCUT2D eigenvalue weighted by Gasteiger charge is 2.24. The third-order valence-corrected chi connectivity index (χ3v) is 7.03. The van der Waals surface area contributed by atoms with Crippen LogP contribution in [0.4, 0.5) is 21.7 Å². The summed E-state index contributed by atoms with van der Waals surface area (Å²) in [7, 11) is 2.17. The summed E-state index contributed by atoms with van der Waals surface area (Å²) in [5.41, 5.74) is 2.32. The Bertz CT molecular complexity index is 1200. The molecule has 3 aromatic rings. The standard InChI is InChI=1S/C25H31FN6O/c1-17-21-16-27-25(29-23(21)32(24(33)22(17)26)20-6-3-4-7-20)28-18-8-10-19(11-9-18)31-13-5-12-30(2)14-15-31/h8-11,16,20H,3-7,12-15H2,1-2H3,(H,27,28,29). The highest BCUT2D eigenvalue weighted by molar-refractivity contribution is 5.79. The van der Waals surface area contributed by atoms with Gasteiger partial charge in [0.05, 0.1) is 0 Å². The number of rotatable bonds is 4. The molecule has 2 aromatic heterocycles. The maximum Gasteiger partial charge on any atom is 0.288 e. The molecular weight excluding hydrogens is 419 g/mol. The lowest BCUT2D eigenvalue weighted by molar-refractivity contribution is 0.360. The zero-order chi connectivity index (χ0) is 22.9. The van der Waals surface area contributed by atoms with Gasteiger partial charge in [-0.2, -0.15) is 4.98 Å². The molecule has 2 fully saturated rings. The van der Waals surface area contributed by atoms with Gasteiger partial charge in [-0.3, -0.25) is 9.36 Å². The van der Waals surface area contributed by atoms with Crippen LogP contribution in [0.1, 0.15) is 43.7 Å². The summed E-state index contributed by atoms with van der Waals surface area (Å²) in [5, 5.41) is 3.85. The molecule has 33 heavy (non-hydrogen) atoms. The lowest BCUT2D eigenvalue weighted by Gasteiger charge is -2.23. The van der Waals surface area contributed by atoms with E-state index in [4.69, 9.17) is 0 Å². The zero-order valence-electron chi connectivity index (χ0n) is 19.4. The van der Waals surface area contributed by atoms with E-state index in [9.17, 15) is 9.18 Å². The molecule has 174 valence electrons. The number of aryl methyl sites for hydroxylation is 1. The number of hydrogen-bond acceptors (Lipinski definition) is 6. The van der Waals surface area contributed by atoms with E-state index >= 15 is 0 Å². The van der Waals surface area contributed by atoms with E-state index in [-0.39, 0.29) is 6.04 Å². The van der Waals surface area contributed by atoms with Crippen LogP contribution in [-0.4, -0.2) is 52.7 Å². The minimum Gasteiger partial charge on any atom is -0.370 e. The van der Waals surface area contributed by atoms with Crippen molar-refractivity contribution < 1.29 is 4.39 Å². The Morgan fingerprint density at radius 3 is 2.55 bits per heavy atom. The molecule has 1 aromatic carbocycles. The first kappa shape index (κ1) is 21.8. The van der Waals surface area contributed by atoms with E-state index in [0.717, 1.165) is 64.0 Å². The van der Waals surface area contributed by atoms with Crippen molar-refractivity contribution in [2.75, 3.05) is 43.4 Å². The molecule has 1 aliphatic heterocycles. The summed E-state index contributed by atoms with van der Waals surface area (Å²) >= 11 is 0. The SMILES string of the molecule is Cc1c(F)c(=O)n(C2CCCC2)c2nc(Nc3ccc(N4CCCN(C)CC4)cc3)ncc12. The van der Waals surface area contributed by atoms with Gasteiger partial charge in [0.25, 0.3) is 5.56 Å². The third kappa shape index (κ3) is 4.31. The van der Waals surface area contributed by atoms with Crippen molar-refractivity contribution in [2.45, 2.75) is 45.1 Å². The molecule has 0 amide bonds. The van der Waals surface area contributed by atoms with Crippen LogP contribution in [0.2, 0.25) is 0 Å². The normalized spacial score (nSPS) is 18.1. The predicted molar refractivity (Wildman–Crippen MR) is 130 cm³/mol. The van der Waals surface area contributed by atoms with E-state index in [1.807, 2.05) is 12.1 Å². The highest BCUT2D eigenvalue weighted by atomic mass is 19.1. The molecule has 0 radical (unpaired) electrons. The summed E-state index contributed by atoms with van der Waals surface area (Å²) < 4.78 is 16.2. The summed E-state index contributed by atoms with van der Waals surface area (Å²) in [4.78, 5) is 26.7. The molecule has 0 bridgehead atoms. The Balaban J connectivity index is 1.43. The number of nitrogens with zero attached hydrogens (tertiary/aromatic N) is 5. The van der Waals surface area contributed by atoms with E-state index in [0.29, 0.717) is 22.5 Å². The molecular formula is C25H31FN6O. The monoisotopic (exact) mass is 450 g/mol. The quantitative estimate of drug-likeness (QED) is 0.641. The van der Waals surface area contributed by atoms with Gasteiger partial charge in [-0.25, -0.2) is 9.37 Å². The van der Waals surface area contributed by atoms with Gasteiger partial charge in [0.15, 0.2) is 5.82 Å². The molecule has 5 rings (SSSR count). The van der Waals surface area contributed by atoms with Crippen LogP contribution in [0.15, 0.2) is 35.3 Å². The fourth-order valence-electron chi connectivity index (χ4n) is 5.05. The van der Waals surface area contributed by atoms with Crippen molar-refractivity contribution in [2.24, 2.45) is 0 Å². The van der Waals surface area contributed by atoms with E-state index in [2.05, 4.69) is 44.3 Å². The van der Waals surface area contributed by atoms with Crippen molar-refractivity contribution in [1.82, 2.24) is 19.4 Å². The van der Waals surface area contributed by atoms with E-state index < -0.39 is 11.4 Å². The lowest BCUT2D eigenvalue weighted by atomic mass is 10.1. The first-order valence-electron chi connectivity index (χ1n) is 11.9. The van der Waals surface area contributed by atoms with Gasteiger partial charge in [0, 0.05) is 54.2 Å². The van der Waals surface area contributed by atoms with Gasteiger partial charge in [-0.15, -0.1) is 0 Å². The van der Waals surface area contributed by atoms with Crippen LogP contribution >= 0.6 is 0 Å². The minimum atomic E-state index is -0.700. The van der Waals surface area contributed by atoms with E-state index in [1.54, 1.807) is 17.7 Å². The second kappa shape index (κ2) is 9.09. The molecule has 1 saturated heterocycles. The molecule has 1 saturated carbocycles. The van der Waals surface area contributed by atoms with Crippen molar-refractivity contribution in [3.05, 3.63) is 52.2 Å². The van der Waals surface area contributed by atoms with Crippen LogP contribution < -0.4 is 15.8 Å². The molecule has 7 nitrogen and oxygen atoms in total. The molecule has 1 N–H and O–H groups in total. The van der Waals surface area contributed by atoms with Gasteiger partial charge < -0.3 is 15.1 Å². The number of halogens is 1. The van der Waals surface area contributed by atoms with Crippen molar-refractivity contribution in [1.29, 1.82) is 0 Å². The Morgan fingerprint density at radius 1 is 1.03 bits per heavy atom. The number of benzene rings is 1. The number of anilines is 3. The number of pyridine rings is 1. The van der Waals surface area contributed by atoms with Gasteiger partial charge >= 0.3 is 0 Å². The van der Waals surface area contributed by atoms with Crippen LogP contribution in [-0.2, 0) is 0 Å². The second-order valence-electron chi connectivity index (χ2n) is 9.30. The molecule has 2 aliphatic rings. The highest BCUT2D eigenvalue weighted by Crippen LogP contribution is 2.31. The van der Waals surface area contributed by atoms with Crippen LogP contribution in [0, 0.1) is 12.7 Å². The Hall–Kier alpha value is -3.00. The maximum atomic E-state index is 14.6. The molecule has 3 heterocycles. The molecule has 1 aliphatic carbocycles.